The standard InChI is InChI=1S/C19H12Cl6N4O.C16H30N6O2/c1-10-2-4-12(5-3-10)15(30)26-13-8-6-11(7-9-13)14-27-16(18(20,21)22)29-17(28-14)19(23,24)25;1-15(2,13-17-5-7-21(13)9-11-23)19-20-16(3,4)14-18-6-8-22(14)10-12-24/h2-9H,1H3,(H,26,30);23-24H,5-12H2,1-4H3. The van der Waals surface area contributed by atoms with Gasteiger partial charge in [0.1, 0.15) is 22.7 Å². The highest BCUT2D eigenvalue weighted by atomic mass is 35.6. The first kappa shape index (κ1) is 43.8. The van der Waals surface area contributed by atoms with Crippen LogP contribution in [-0.2, 0) is 7.59 Å². The fourth-order valence-corrected chi connectivity index (χ4v) is 6.02. The van der Waals surface area contributed by atoms with Crippen molar-refractivity contribution >= 4 is 92.9 Å². The quantitative estimate of drug-likeness (QED) is 0.135. The lowest BCUT2D eigenvalue weighted by molar-refractivity contribution is 0.102. The van der Waals surface area contributed by atoms with Crippen LogP contribution in [0.1, 0.15) is 55.3 Å². The van der Waals surface area contributed by atoms with Crippen molar-refractivity contribution in [2.45, 2.75) is 53.3 Å². The van der Waals surface area contributed by atoms with Crippen molar-refractivity contribution in [3.63, 3.8) is 0 Å². The number of halogens is 6. The topological polar surface area (TPSA) is 164 Å². The van der Waals surface area contributed by atoms with Gasteiger partial charge in [0.05, 0.1) is 26.3 Å². The Bertz CT molecular complexity index is 1770. The van der Waals surface area contributed by atoms with Crippen LogP contribution in [0.2, 0.25) is 0 Å². The highest BCUT2D eigenvalue weighted by Crippen LogP contribution is 2.41. The second-order valence-electron chi connectivity index (χ2n) is 13.3. The molecule has 0 unspecified atom stereocenters. The van der Waals surface area contributed by atoms with Crippen molar-refractivity contribution < 1.29 is 15.0 Å². The van der Waals surface area contributed by atoms with Gasteiger partial charge in [-0.3, -0.25) is 14.8 Å². The molecular formula is C35H42Cl6N10O3. The van der Waals surface area contributed by atoms with Gasteiger partial charge in [-0.2, -0.15) is 10.2 Å². The zero-order chi connectivity index (χ0) is 39.9. The smallest absolute Gasteiger partial charge is 0.255 e. The Hall–Kier alpha value is -2.88. The molecule has 0 aliphatic carbocycles. The number of hydrogen-bond donors (Lipinski definition) is 3. The largest absolute Gasteiger partial charge is 0.395 e. The number of amidine groups is 2. The van der Waals surface area contributed by atoms with Crippen LogP contribution in [0.25, 0.3) is 11.4 Å². The predicted octanol–water partition coefficient (Wildman–Crippen LogP) is 7.16. The monoisotopic (exact) mass is 860 g/mol. The van der Waals surface area contributed by atoms with Gasteiger partial charge in [0.25, 0.3) is 5.91 Å². The van der Waals surface area contributed by atoms with E-state index < -0.39 is 18.7 Å². The summed E-state index contributed by atoms with van der Waals surface area (Å²) in [5.74, 6) is 1.28. The number of azo groups is 1. The first-order chi connectivity index (χ1) is 25.2. The Morgan fingerprint density at radius 3 is 1.57 bits per heavy atom. The van der Waals surface area contributed by atoms with Crippen molar-refractivity contribution in [1.82, 2.24) is 24.8 Å². The van der Waals surface area contributed by atoms with Gasteiger partial charge in [-0.15, -0.1) is 0 Å². The first-order valence-corrected chi connectivity index (χ1v) is 19.2. The second kappa shape index (κ2) is 18.4. The Kier molecular flexibility index (Phi) is 14.9. The van der Waals surface area contributed by atoms with Crippen LogP contribution >= 0.6 is 69.6 Å². The molecule has 2 aliphatic rings. The molecule has 5 rings (SSSR count). The minimum atomic E-state index is -1.94. The summed E-state index contributed by atoms with van der Waals surface area (Å²) >= 11 is 35.4. The molecule has 54 heavy (non-hydrogen) atoms. The maximum absolute atomic E-state index is 12.4. The third-order valence-electron chi connectivity index (χ3n) is 8.10. The number of aliphatic imine (C=N–C) groups is 2. The van der Waals surface area contributed by atoms with Crippen LogP contribution in [-0.4, -0.2) is 116 Å². The maximum Gasteiger partial charge on any atom is 0.255 e. The van der Waals surface area contributed by atoms with E-state index in [-0.39, 0.29) is 36.6 Å². The normalized spacial score (nSPS) is 15.3. The number of aromatic nitrogens is 3. The Morgan fingerprint density at radius 2 is 1.17 bits per heavy atom. The molecule has 2 aliphatic heterocycles. The molecule has 1 amide bonds. The van der Waals surface area contributed by atoms with E-state index >= 15 is 0 Å². The molecule has 0 saturated carbocycles. The molecule has 0 fully saturated rings. The molecule has 3 aromatic rings. The number of rotatable bonds is 11. The molecule has 13 nitrogen and oxygen atoms in total. The summed E-state index contributed by atoms with van der Waals surface area (Å²) in [6.07, 6.45) is 0. The number of benzene rings is 2. The number of carbonyl (C=O) groups excluding carboxylic acids is 1. The van der Waals surface area contributed by atoms with E-state index in [1.54, 1.807) is 36.4 Å². The second-order valence-corrected chi connectivity index (χ2v) is 17.9. The number of amides is 1. The van der Waals surface area contributed by atoms with Crippen molar-refractivity contribution in [2.75, 3.05) is 57.8 Å². The van der Waals surface area contributed by atoms with Crippen LogP contribution in [0, 0.1) is 6.92 Å². The Morgan fingerprint density at radius 1 is 0.722 bits per heavy atom. The number of aliphatic hydroxyl groups is 2. The molecule has 0 saturated heterocycles. The number of carbonyl (C=O) groups is 1. The van der Waals surface area contributed by atoms with E-state index in [0.29, 0.717) is 29.9 Å². The molecule has 19 heteroatoms. The van der Waals surface area contributed by atoms with Crippen molar-refractivity contribution in [3.8, 4) is 11.4 Å². The Balaban J connectivity index is 0.000000247. The van der Waals surface area contributed by atoms with Gasteiger partial charge in [-0.25, -0.2) is 15.0 Å². The lowest BCUT2D eigenvalue weighted by Crippen LogP contribution is -2.45. The third kappa shape index (κ3) is 11.8. The number of β-amino-alcohol motifs (C(OH)–C–C–N with tert-alkyl or cyclic N) is 2. The van der Waals surface area contributed by atoms with E-state index in [1.807, 2.05) is 46.8 Å². The van der Waals surface area contributed by atoms with Crippen LogP contribution in [0.15, 0.2) is 68.7 Å². The van der Waals surface area contributed by atoms with Gasteiger partial charge < -0.3 is 25.3 Å². The predicted molar refractivity (Wildman–Crippen MR) is 218 cm³/mol. The number of aryl methyl sites for hydroxylation is 1. The van der Waals surface area contributed by atoms with Crippen LogP contribution in [0.4, 0.5) is 5.69 Å². The summed E-state index contributed by atoms with van der Waals surface area (Å²) < 4.78 is -3.88. The minimum absolute atomic E-state index is 0.102. The molecule has 3 N–H and O–H groups in total. The third-order valence-corrected chi connectivity index (χ3v) is 9.12. The zero-order valence-electron chi connectivity index (χ0n) is 30.4. The summed E-state index contributed by atoms with van der Waals surface area (Å²) in [6.45, 7) is 14.3. The van der Waals surface area contributed by atoms with E-state index in [4.69, 9.17) is 69.6 Å². The maximum atomic E-state index is 12.4. The SMILES string of the molecule is CC(C)(N=NC(C)(C)C1=NCCN1CCO)C1=NCCN1CCO.Cc1ccc(C(=O)Nc2ccc(-c3nc(C(Cl)(Cl)Cl)nc(C(Cl)(Cl)Cl)n3)cc2)cc1. The molecule has 0 spiro atoms. The summed E-state index contributed by atoms with van der Waals surface area (Å²) in [4.78, 5) is 37.8. The minimum Gasteiger partial charge on any atom is -0.395 e. The van der Waals surface area contributed by atoms with Crippen molar-refractivity contribution in [3.05, 3.63) is 71.3 Å². The summed E-state index contributed by atoms with van der Waals surface area (Å²) in [5, 5.41) is 30.4. The van der Waals surface area contributed by atoms with Crippen LogP contribution in [0.3, 0.4) is 0 Å². The molecule has 292 valence electrons. The average Bonchev–Trinajstić information content (AvgIpc) is 3.79. The molecular weight excluding hydrogens is 821 g/mol. The van der Waals surface area contributed by atoms with Crippen LogP contribution in [0.5, 0.6) is 0 Å². The number of anilines is 1. The molecule has 2 aromatic carbocycles. The van der Waals surface area contributed by atoms with E-state index in [0.717, 1.165) is 43.4 Å². The van der Waals surface area contributed by atoms with Gasteiger partial charge in [-0.1, -0.05) is 87.3 Å². The number of alkyl halides is 6. The highest BCUT2D eigenvalue weighted by Gasteiger charge is 2.37. The van der Waals surface area contributed by atoms with Gasteiger partial charge in [0.2, 0.25) is 7.59 Å². The van der Waals surface area contributed by atoms with Crippen molar-refractivity contribution in [1.29, 1.82) is 0 Å². The Labute approximate surface area is 344 Å². The summed E-state index contributed by atoms with van der Waals surface area (Å²) in [7, 11) is 0. The zero-order valence-corrected chi connectivity index (χ0v) is 34.9. The molecule has 3 heterocycles. The van der Waals surface area contributed by atoms with Crippen molar-refractivity contribution in [2.24, 2.45) is 20.2 Å². The van der Waals surface area contributed by atoms with Gasteiger partial charge >= 0.3 is 0 Å². The van der Waals surface area contributed by atoms with E-state index in [9.17, 15) is 15.0 Å². The molecule has 0 bridgehead atoms. The lowest BCUT2D eigenvalue weighted by atomic mass is 10.0. The van der Waals surface area contributed by atoms with Gasteiger partial charge in [0.15, 0.2) is 17.5 Å². The first-order valence-electron chi connectivity index (χ1n) is 16.9. The number of aliphatic hydroxyl groups excluding tert-OH is 2. The number of nitrogens with one attached hydrogen (secondary N) is 1. The van der Waals surface area contributed by atoms with Gasteiger partial charge in [-0.05, 0) is 71.0 Å². The number of nitrogens with zero attached hydrogens (tertiary/aromatic N) is 9. The lowest BCUT2D eigenvalue weighted by Gasteiger charge is -2.31. The highest BCUT2D eigenvalue weighted by molar-refractivity contribution is 6.67. The average molecular weight is 864 g/mol. The van der Waals surface area contributed by atoms with E-state index in [1.165, 1.54) is 0 Å². The van der Waals surface area contributed by atoms with Crippen LogP contribution < -0.4 is 5.32 Å². The fourth-order valence-electron chi connectivity index (χ4n) is 5.51. The summed E-state index contributed by atoms with van der Waals surface area (Å²) in [5.41, 5.74) is 1.62. The molecule has 0 atom stereocenters. The molecule has 0 radical (unpaired) electrons. The molecule has 1 aromatic heterocycles. The number of hydrogen-bond acceptors (Lipinski definition) is 12. The van der Waals surface area contributed by atoms with Gasteiger partial charge in [0, 0.05) is 43.0 Å². The fraction of sp³-hybridized carbons (Fsp3) is 0.486. The summed E-state index contributed by atoms with van der Waals surface area (Å²) in [6, 6.07) is 13.9. The van der Waals surface area contributed by atoms with E-state index in [2.05, 4.69) is 50.3 Å².